The summed E-state index contributed by atoms with van der Waals surface area (Å²) in [7, 11) is 1.41. The number of carbonyl (C=O) groups excluding carboxylic acids is 2. The smallest absolute Gasteiger partial charge is 0.308 e. The van der Waals surface area contributed by atoms with Gasteiger partial charge in [-0.2, -0.15) is 5.10 Å². The third kappa shape index (κ3) is 4.01. The van der Waals surface area contributed by atoms with Gasteiger partial charge in [-0.3, -0.25) is 14.6 Å². The molecule has 6 heteroatoms. The molecular formula is C23H25N3O3. The molecule has 0 bridgehead atoms. The Morgan fingerprint density at radius 3 is 2.21 bits per heavy atom. The zero-order valence-electron chi connectivity index (χ0n) is 16.5. The highest BCUT2D eigenvalue weighted by molar-refractivity contribution is 6.39. The van der Waals surface area contributed by atoms with Crippen molar-refractivity contribution in [2.24, 2.45) is 11.0 Å². The van der Waals surface area contributed by atoms with Gasteiger partial charge < -0.3 is 9.64 Å². The van der Waals surface area contributed by atoms with Gasteiger partial charge in [-0.05, 0) is 30.5 Å². The highest BCUT2D eigenvalue weighted by Crippen LogP contribution is 2.35. The molecule has 0 aromatic heterocycles. The lowest BCUT2D eigenvalue weighted by Crippen LogP contribution is -2.43. The van der Waals surface area contributed by atoms with Crippen LogP contribution in [0.25, 0.3) is 0 Å². The van der Waals surface area contributed by atoms with Gasteiger partial charge in [0.15, 0.2) is 0 Å². The summed E-state index contributed by atoms with van der Waals surface area (Å²) < 4.78 is 4.84. The van der Waals surface area contributed by atoms with E-state index in [-0.39, 0.29) is 23.8 Å². The number of methoxy groups -OCH3 is 1. The molecule has 29 heavy (non-hydrogen) atoms. The maximum Gasteiger partial charge on any atom is 0.308 e. The molecule has 4 rings (SSSR count). The maximum absolute atomic E-state index is 13.2. The number of anilines is 1. The summed E-state index contributed by atoms with van der Waals surface area (Å²) in [6.45, 7) is 1.11. The van der Waals surface area contributed by atoms with Crippen molar-refractivity contribution in [3.63, 3.8) is 0 Å². The first-order valence-corrected chi connectivity index (χ1v) is 10.0. The van der Waals surface area contributed by atoms with Crippen LogP contribution < -0.4 is 5.01 Å². The molecule has 6 nitrogen and oxygen atoms in total. The number of hydrazone groups is 1. The second-order valence-electron chi connectivity index (χ2n) is 7.45. The van der Waals surface area contributed by atoms with Gasteiger partial charge in [-0.15, -0.1) is 0 Å². The fraction of sp³-hybridized carbons (Fsp3) is 0.348. The molecule has 2 heterocycles. The number of para-hydroxylation sites is 1. The molecule has 0 spiro atoms. The van der Waals surface area contributed by atoms with Crippen LogP contribution in [0.3, 0.4) is 0 Å². The van der Waals surface area contributed by atoms with E-state index in [4.69, 9.17) is 9.84 Å². The summed E-state index contributed by atoms with van der Waals surface area (Å²) >= 11 is 0. The van der Waals surface area contributed by atoms with Crippen LogP contribution in [0, 0.1) is 5.92 Å². The number of hydrogen-bond acceptors (Lipinski definition) is 5. The number of ether oxygens (including phenoxy) is 1. The standard InChI is InChI=1S/C23H25N3O3/c1-29-23(28)18-12-14-25(15-13-18)22(27)20-16-21(17-8-4-2-5-9-17)26(24-20)19-10-6-3-7-11-19/h2-11,18,21H,12-16H2,1H3. The van der Waals surface area contributed by atoms with Gasteiger partial charge >= 0.3 is 5.97 Å². The molecule has 2 aliphatic rings. The van der Waals surface area contributed by atoms with Crippen LogP contribution in [-0.2, 0) is 14.3 Å². The number of nitrogens with zero attached hydrogens (tertiary/aromatic N) is 3. The molecule has 0 aliphatic carbocycles. The first-order chi connectivity index (χ1) is 14.2. The van der Waals surface area contributed by atoms with Crippen LogP contribution in [0.4, 0.5) is 5.69 Å². The minimum Gasteiger partial charge on any atom is -0.469 e. The Morgan fingerprint density at radius 2 is 1.59 bits per heavy atom. The molecule has 1 saturated heterocycles. The molecule has 2 aromatic carbocycles. The van der Waals surface area contributed by atoms with Gasteiger partial charge in [0, 0.05) is 19.5 Å². The third-order valence-electron chi connectivity index (χ3n) is 5.68. The van der Waals surface area contributed by atoms with Gasteiger partial charge in [-0.25, -0.2) is 0 Å². The Morgan fingerprint density at radius 1 is 0.966 bits per heavy atom. The molecule has 1 unspecified atom stereocenters. The topological polar surface area (TPSA) is 62.2 Å². The number of likely N-dealkylation sites (tertiary alicyclic amines) is 1. The first-order valence-electron chi connectivity index (χ1n) is 10.0. The van der Waals surface area contributed by atoms with Crippen molar-refractivity contribution in [2.45, 2.75) is 25.3 Å². The molecule has 0 radical (unpaired) electrons. The second-order valence-corrected chi connectivity index (χ2v) is 7.45. The predicted octanol–water partition coefficient (Wildman–Crippen LogP) is 3.41. The van der Waals surface area contributed by atoms with Crippen molar-refractivity contribution in [2.75, 3.05) is 25.2 Å². The van der Waals surface area contributed by atoms with Gasteiger partial charge in [-0.1, -0.05) is 48.5 Å². The van der Waals surface area contributed by atoms with E-state index in [9.17, 15) is 9.59 Å². The lowest BCUT2D eigenvalue weighted by molar-refractivity contribution is -0.148. The van der Waals surface area contributed by atoms with Crippen LogP contribution in [0.5, 0.6) is 0 Å². The summed E-state index contributed by atoms with van der Waals surface area (Å²) in [4.78, 5) is 26.7. The van der Waals surface area contributed by atoms with Crippen molar-refractivity contribution in [1.82, 2.24) is 4.90 Å². The van der Waals surface area contributed by atoms with Crippen molar-refractivity contribution in [3.8, 4) is 0 Å². The highest BCUT2D eigenvalue weighted by atomic mass is 16.5. The summed E-state index contributed by atoms with van der Waals surface area (Å²) in [5, 5.41) is 6.68. The SMILES string of the molecule is COC(=O)C1CCN(C(=O)C2=NN(c3ccccc3)C(c3ccccc3)C2)CC1. The zero-order valence-corrected chi connectivity index (χ0v) is 16.5. The lowest BCUT2D eigenvalue weighted by atomic mass is 9.96. The summed E-state index contributed by atoms with van der Waals surface area (Å²) in [5.74, 6) is -0.338. The Bertz CT molecular complexity index is 890. The summed E-state index contributed by atoms with van der Waals surface area (Å²) in [5.41, 5.74) is 2.67. The van der Waals surface area contributed by atoms with E-state index in [0.29, 0.717) is 38.1 Å². The maximum atomic E-state index is 13.2. The fourth-order valence-electron chi connectivity index (χ4n) is 4.06. The molecule has 1 atom stereocenters. The van der Waals surface area contributed by atoms with E-state index in [0.717, 1.165) is 11.3 Å². The minimum atomic E-state index is -0.185. The van der Waals surface area contributed by atoms with Crippen LogP contribution in [0.2, 0.25) is 0 Å². The van der Waals surface area contributed by atoms with Crippen molar-refractivity contribution in [3.05, 3.63) is 66.2 Å². The normalized spacial score (nSPS) is 19.8. The minimum absolute atomic E-state index is 0.00911. The zero-order chi connectivity index (χ0) is 20.2. The molecule has 2 aliphatic heterocycles. The highest BCUT2D eigenvalue weighted by Gasteiger charge is 2.36. The van der Waals surface area contributed by atoms with E-state index in [1.54, 1.807) is 0 Å². The summed E-state index contributed by atoms with van der Waals surface area (Å²) in [6.07, 6.45) is 1.83. The van der Waals surface area contributed by atoms with E-state index < -0.39 is 0 Å². The number of hydrogen-bond donors (Lipinski definition) is 0. The lowest BCUT2D eigenvalue weighted by Gasteiger charge is -2.30. The fourth-order valence-corrected chi connectivity index (χ4v) is 4.06. The predicted molar refractivity (Wildman–Crippen MR) is 111 cm³/mol. The first kappa shape index (κ1) is 19.2. The van der Waals surface area contributed by atoms with E-state index >= 15 is 0 Å². The van der Waals surface area contributed by atoms with Gasteiger partial charge in [0.05, 0.1) is 24.8 Å². The van der Waals surface area contributed by atoms with E-state index in [1.165, 1.54) is 7.11 Å². The monoisotopic (exact) mass is 391 g/mol. The largest absolute Gasteiger partial charge is 0.469 e. The third-order valence-corrected chi connectivity index (χ3v) is 5.68. The Balaban J connectivity index is 1.53. The number of piperidine rings is 1. The molecule has 2 aromatic rings. The van der Waals surface area contributed by atoms with Crippen LogP contribution >= 0.6 is 0 Å². The average molecular weight is 391 g/mol. The molecule has 0 N–H and O–H groups in total. The summed E-state index contributed by atoms with van der Waals surface area (Å²) in [6, 6.07) is 20.1. The van der Waals surface area contributed by atoms with Crippen LogP contribution in [0.15, 0.2) is 65.8 Å². The Hall–Kier alpha value is -3.15. The van der Waals surface area contributed by atoms with E-state index in [2.05, 4.69) is 12.1 Å². The molecule has 1 amide bonds. The number of rotatable bonds is 4. The molecular weight excluding hydrogens is 366 g/mol. The molecule has 0 saturated carbocycles. The number of esters is 1. The number of benzene rings is 2. The Kier molecular flexibility index (Phi) is 5.60. The molecule has 1 fully saturated rings. The van der Waals surface area contributed by atoms with Gasteiger partial charge in [0.1, 0.15) is 5.71 Å². The Labute approximate surface area is 170 Å². The van der Waals surface area contributed by atoms with Gasteiger partial charge in [0.25, 0.3) is 5.91 Å². The number of amides is 1. The average Bonchev–Trinajstić information content (AvgIpc) is 3.25. The quantitative estimate of drug-likeness (QED) is 0.750. The second kappa shape index (κ2) is 8.47. The van der Waals surface area contributed by atoms with Crippen LogP contribution in [-0.4, -0.2) is 42.7 Å². The molecule has 150 valence electrons. The van der Waals surface area contributed by atoms with Gasteiger partial charge in [0.2, 0.25) is 0 Å². The van der Waals surface area contributed by atoms with E-state index in [1.807, 2.05) is 58.4 Å². The van der Waals surface area contributed by atoms with Crippen molar-refractivity contribution in [1.29, 1.82) is 0 Å². The van der Waals surface area contributed by atoms with Crippen molar-refractivity contribution >= 4 is 23.3 Å². The van der Waals surface area contributed by atoms with Crippen LogP contribution in [0.1, 0.15) is 30.9 Å². The van der Waals surface area contributed by atoms with Crippen molar-refractivity contribution < 1.29 is 14.3 Å². The number of carbonyl (C=O) groups is 2.